The molecule has 0 aromatic heterocycles. The first kappa shape index (κ1) is 37.7. The number of cyclic esters (lactones) is 2. The highest BCUT2D eigenvalue weighted by Crippen LogP contribution is 2.16. The highest BCUT2D eigenvalue weighted by molar-refractivity contribution is 5.94. The lowest BCUT2D eigenvalue weighted by atomic mass is 9.97. The topological polar surface area (TPSA) is 151 Å². The predicted molar refractivity (Wildman–Crippen MR) is 178 cm³/mol. The van der Waals surface area contributed by atoms with Crippen molar-refractivity contribution in [2.45, 2.75) is 77.7 Å². The Hall–Kier alpha value is -4.74. The van der Waals surface area contributed by atoms with E-state index in [-0.39, 0.29) is 24.7 Å². The van der Waals surface area contributed by atoms with E-state index in [0.29, 0.717) is 24.0 Å². The Kier molecular flexibility index (Phi) is 14.1. The molecule has 3 rings (SSSR count). The number of esters is 2. The van der Waals surface area contributed by atoms with Crippen LogP contribution in [0.5, 0.6) is 0 Å². The van der Waals surface area contributed by atoms with Crippen molar-refractivity contribution in [1.29, 1.82) is 0 Å². The fourth-order valence-corrected chi connectivity index (χ4v) is 5.30. The molecule has 0 radical (unpaired) electrons. The molecular weight excluding hydrogens is 616 g/mol. The Morgan fingerprint density at radius 1 is 0.625 bits per heavy atom. The molecule has 6 atom stereocenters. The van der Waals surface area contributed by atoms with E-state index >= 15 is 0 Å². The molecule has 0 aliphatic carbocycles. The Labute approximate surface area is 282 Å². The van der Waals surface area contributed by atoms with E-state index in [1.54, 1.807) is 62.4 Å². The maximum atomic E-state index is 13.7. The van der Waals surface area contributed by atoms with Crippen molar-refractivity contribution in [2.75, 3.05) is 27.2 Å². The zero-order valence-corrected chi connectivity index (χ0v) is 28.6. The summed E-state index contributed by atoms with van der Waals surface area (Å²) in [6, 6.07) is 15.8. The minimum atomic E-state index is -1.32. The molecule has 2 aromatic rings. The van der Waals surface area contributed by atoms with Gasteiger partial charge in [-0.2, -0.15) is 0 Å². The third-order valence-electron chi connectivity index (χ3n) is 8.70. The van der Waals surface area contributed by atoms with E-state index in [9.17, 15) is 28.8 Å². The summed E-state index contributed by atoms with van der Waals surface area (Å²) in [5.41, 5.74) is 1.43. The largest absolute Gasteiger partial charge is 0.451 e. The van der Waals surface area contributed by atoms with E-state index in [4.69, 9.17) is 9.47 Å². The maximum absolute atomic E-state index is 13.7. The van der Waals surface area contributed by atoms with Gasteiger partial charge in [0.05, 0.1) is 0 Å². The third-order valence-corrected chi connectivity index (χ3v) is 8.70. The average Bonchev–Trinajstić information content (AvgIpc) is 3.07. The molecule has 1 aliphatic heterocycles. The molecule has 0 saturated carbocycles. The molecule has 1 heterocycles. The number of carbonyl (C=O) groups excluding carboxylic acids is 6. The standard InChI is InChI=1S/C36H48N4O8/c1-7-23(3)31-35(45)39(5)21-29(41)48-28(20-26-17-13-10-14-18-26)34(44)38-32(24(4)8-2)36(46)40(6)22-30(42)47-27(33(43)37-31)19-25-15-11-9-12-16-25/h9-18,23-24,27-28,31-32H,7-8,19-22H2,1-6H3,(H,37,43)(H,38,44)/t23-,24-,27-,28-,31+,32?/m1/s1. The molecule has 12 nitrogen and oxygen atoms in total. The van der Waals surface area contributed by atoms with Crippen LogP contribution in [0.2, 0.25) is 0 Å². The van der Waals surface area contributed by atoms with Crippen molar-refractivity contribution in [3.63, 3.8) is 0 Å². The third kappa shape index (κ3) is 10.6. The Bertz CT molecular complexity index is 1310. The number of carbonyl (C=O) groups is 6. The van der Waals surface area contributed by atoms with Crippen LogP contribution in [-0.4, -0.2) is 96.8 Å². The summed E-state index contributed by atoms with van der Waals surface area (Å²) < 4.78 is 11.3. The SMILES string of the molecule is CC[C@@H](C)C1NC(=O)[C@@H](Cc2ccccc2)OC(=O)CN(C)C(=O)[C@H]([C@H](C)CC)NC(=O)[C@@H](Cc2ccccc2)OC(=O)CN(C)C1=O. The molecule has 260 valence electrons. The fourth-order valence-electron chi connectivity index (χ4n) is 5.30. The van der Waals surface area contributed by atoms with Crippen LogP contribution in [-0.2, 0) is 51.1 Å². The lowest BCUT2D eigenvalue weighted by Crippen LogP contribution is -2.56. The van der Waals surface area contributed by atoms with Crippen molar-refractivity contribution in [2.24, 2.45) is 11.8 Å². The number of benzene rings is 2. The van der Waals surface area contributed by atoms with Gasteiger partial charge in [0.2, 0.25) is 11.8 Å². The highest BCUT2D eigenvalue weighted by Gasteiger charge is 2.36. The van der Waals surface area contributed by atoms with Crippen molar-refractivity contribution in [3.8, 4) is 0 Å². The minimum absolute atomic E-state index is 0.0218. The van der Waals surface area contributed by atoms with E-state index in [1.807, 2.05) is 26.0 Å². The van der Waals surface area contributed by atoms with Gasteiger partial charge in [-0.25, -0.2) is 0 Å². The second-order valence-corrected chi connectivity index (χ2v) is 12.5. The molecule has 1 aliphatic rings. The molecule has 12 heteroatoms. The Morgan fingerprint density at radius 2 is 0.958 bits per heavy atom. The van der Waals surface area contributed by atoms with Crippen molar-refractivity contribution in [3.05, 3.63) is 71.8 Å². The molecule has 1 saturated heterocycles. The van der Waals surface area contributed by atoms with E-state index in [0.717, 1.165) is 9.80 Å². The monoisotopic (exact) mass is 664 g/mol. The zero-order valence-electron chi connectivity index (χ0n) is 28.6. The number of ether oxygens (including phenoxy) is 2. The molecule has 1 unspecified atom stereocenters. The summed E-state index contributed by atoms with van der Waals surface area (Å²) in [5, 5.41) is 5.50. The average molecular weight is 665 g/mol. The maximum Gasteiger partial charge on any atom is 0.326 e. The minimum Gasteiger partial charge on any atom is -0.451 e. The van der Waals surface area contributed by atoms with Gasteiger partial charge >= 0.3 is 11.9 Å². The smallest absolute Gasteiger partial charge is 0.326 e. The van der Waals surface area contributed by atoms with Crippen LogP contribution in [0.3, 0.4) is 0 Å². The number of rotatable bonds is 8. The van der Waals surface area contributed by atoms with Gasteiger partial charge in [0.25, 0.3) is 11.8 Å². The van der Waals surface area contributed by atoms with Crippen molar-refractivity contribution in [1.82, 2.24) is 20.4 Å². The molecular formula is C36H48N4O8. The lowest BCUT2D eigenvalue weighted by molar-refractivity contribution is -0.161. The first-order chi connectivity index (χ1) is 22.8. The summed E-state index contributed by atoms with van der Waals surface area (Å²) in [6.45, 7) is 6.29. The van der Waals surface area contributed by atoms with Crippen molar-refractivity contribution >= 4 is 35.6 Å². The van der Waals surface area contributed by atoms with Crippen LogP contribution >= 0.6 is 0 Å². The van der Waals surface area contributed by atoms with Crippen molar-refractivity contribution < 1.29 is 38.2 Å². The second kappa shape index (κ2) is 18.0. The van der Waals surface area contributed by atoms with Crippen LogP contribution in [0.25, 0.3) is 0 Å². The number of likely N-dealkylation sites (N-methyl/N-ethyl adjacent to an activating group) is 2. The molecule has 0 bridgehead atoms. The first-order valence-corrected chi connectivity index (χ1v) is 16.4. The van der Waals surface area contributed by atoms with Crippen LogP contribution in [0.4, 0.5) is 0 Å². The molecule has 1 fully saturated rings. The number of hydrogen-bond acceptors (Lipinski definition) is 8. The lowest BCUT2D eigenvalue weighted by Gasteiger charge is -2.31. The fraction of sp³-hybridized carbons (Fsp3) is 0.500. The van der Waals surface area contributed by atoms with Crippen LogP contribution in [0.15, 0.2) is 60.7 Å². The van der Waals surface area contributed by atoms with Gasteiger partial charge in [0.1, 0.15) is 25.2 Å². The number of hydrogen-bond donors (Lipinski definition) is 2. The molecule has 2 N–H and O–H groups in total. The summed E-state index contributed by atoms with van der Waals surface area (Å²) in [5.74, 6) is -4.85. The van der Waals surface area contributed by atoms with Gasteiger partial charge in [-0.1, -0.05) is 101 Å². The van der Waals surface area contributed by atoms with Gasteiger partial charge in [-0.05, 0) is 23.0 Å². The molecule has 48 heavy (non-hydrogen) atoms. The zero-order chi connectivity index (χ0) is 35.4. The summed E-state index contributed by atoms with van der Waals surface area (Å²) >= 11 is 0. The van der Waals surface area contributed by atoms with E-state index < -0.39 is 72.9 Å². The Balaban J connectivity index is 2.01. The molecule has 4 amide bonds. The quantitative estimate of drug-likeness (QED) is 0.408. The first-order valence-electron chi connectivity index (χ1n) is 16.4. The second-order valence-electron chi connectivity index (χ2n) is 12.5. The van der Waals surface area contributed by atoms with Gasteiger partial charge in [-0.15, -0.1) is 0 Å². The Morgan fingerprint density at radius 3 is 1.27 bits per heavy atom. The summed E-state index contributed by atoms with van der Waals surface area (Å²) in [4.78, 5) is 83.6. The van der Waals surface area contributed by atoms with Crippen LogP contribution < -0.4 is 10.6 Å². The van der Waals surface area contributed by atoms with Gasteiger partial charge < -0.3 is 29.9 Å². The van der Waals surface area contributed by atoms with E-state index in [1.165, 1.54) is 14.1 Å². The summed E-state index contributed by atoms with van der Waals surface area (Å²) in [7, 11) is 2.81. The normalized spacial score (nSPS) is 23.6. The van der Waals surface area contributed by atoms with E-state index in [2.05, 4.69) is 10.6 Å². The molecule has 2 aromatic carbocycles. The van der Waals surface area contributed by atoms with Gasteiger partial charge in [0, 0.05) is 26.9 Å². The number of amides is 4. The van der Waals surface area contributed by atoms with Gasteiger partial charge in [0.15, 0.2) is 12.2 Å². The van der Waals surface area contributed by atoms with Gasteiger partial charge in [-0.3, -0.25) is 28.8 Å². The molecule has 0 spiro atoms. The predicted octanol–water partition coefficient (Wildman–Crippen LogP) is 2.29. The number of nitrogens with one attached hydrogen (secondary N) is 2. The number of nitrogens with zero attached hydrogens (tertiary/aromatic N) is 2. The van der Waals surface area contributed by atoms with Crippen LogP contribution in [0, 0.1) is 11.8 Å². The highest BCUT2D eigenvalue weighted by atomic mass is 16.6. The van der Waals surface area contributed by atoms with Crippen LogP contribution in [0.1, 0.15) is 51.7 Å². The summed E-state index contributed by atoms with van der Waals surface area (Å²) in [6.07, 6.45) is -1.56.